The molecule has 1 saturated heterocycles. The topological polar surface area (TPSA) is 83.6 Å². The van der Waals surface area contributed by atoms with Gasteiger partial charge in [0.2, 0.25) is 5.91 Å². The van der Waals surface area contributed by atoms with Gasteiger partial charge in [-0.3, -0.25) is 9.59 Å². The fraction of sp³-hybridized carbons (Fsp3) is 0.333. The summed E-state index contributed by atoms with van der Waals surface area (Å²) >= 11 is 5.97. The SMILES string of the molecule is CC(C)(C(=O)N1CCC1(C)C(=O)NS(=O)(=O)c1ccccc1Cl)c1ccccc1. The molecule has 0 radical (unpaired) electrons. The smallest absolute Gasteiger partial charge is 0.265 e. The highest BCUT2D eigenvalue weighted by Gasteiger charge is 2.53. The summed E-state index contributed by atoms with van der Waals surface area (Å²) < 4.78 is 27.3. The van der Waals surface area contributed by atoms with E-state index in [9.17, 15) is 18.0 Å². The van der Waals surface area contributed by atoms with Crippen LogP contribution in [0.15, 0.2) is 59.5 Å². The van der Waals surface area contributed by atoms with Gasteiger partial charge in [0.1, 0.15) is 10.4 Å². The average molecular weight is 435 g/mol. The molecular formula is C21H23ClN2O4S. The molecule has 154 valence electrons. The molecule has 29 heavy (non-hydrogen) atoms. The Morgan fingerprint density at radius 2 is 1.66 bits per heavy atom. The Labute approximate surface area is 175 Å². The number of nitrogens with one attached hydrogen (secondary N) is 1. The van der Waals surface area contributed by atoms with Gasteiger partial charge in [-0.25, -0.2) is 13.1 Å². The molecular weight excluding hydrogens is 412 g/mol. The maximum Gasteiger partial charge on any atom is 0.265 e. The number of sulfonamides is 1. The molecule has 0 saturated carbocycles. The molecule has 2 aromatic carbocycles. The molecule has 6 nitrogen and oxygen atoms in total. The molecule has 2 aromatic rings. The lowest BCUT2D eigenvalue weighted by Gasteiger charge is -2.51. The van der Waals surface area contributed by atoms with Gasteiger partial charge in [-0.2, -0.15) is 0 Å². The molecule has 0 spiro atoms. The number of halogens is 1. The zero-order valence-electron chi connectivity index (χ0n) is 16.5. The van der Waals surface area contributed by atoms with Crippen LogP contribution in [-0.2, 0) is 25.0 Å². The molecule has 2 amide bonds. The van der Waals surface area contributed by atoms with E-state index in [2.05, 4.69) is 4.72 Å². The van der Waals surface area contributed by atoms with E-state index in [0.717, 1.165) is 5.56 Å². The third kappa shape index (κ3) is 3.76. The second kappa shape index (κ2) is 7.46. The van der Waals surface area contributed by atoms with E-state index < -0.39 is 26.9 Å². The van der Waals surface area contributed by atoms with Crippen LogP contribution in [0.2, 0.25) is 5.02 Å². The third-order valence-corrected chi connectivity index (χ3v) is 7.37. The normalized spacial score (nSPS) is 19.4. The summed E-state index contributed by atoms with van der Waals surface area (Å²) in [5.41, 5.74) is -1.29. The first-order chi connectivity index (χ1) is 13.5. The average Bonchev–Trinajstić information content (AvgIpc) is 2.66. The first-order valence-corrected chi connectivity index (χ1v) is 11.1. The van der Waals surface area contributed by atoms with E-state index in [-0.39, 0.29) is 15.8 Å². The summed E-state index contributed by atoms with van der Waals surface area (Å²) in [6.07, 6.45) is 0.369. The van der Waals surface area contributed by atoms with E-state index in [0.29, 0.717) is 13.0 Å². The Hall–Kier alpha value is -2.38. The zero-order chi connectivity index (χ0) is 21.4. The summed E-state index contributed by atoms with van der Waals surface area (Å²) in [7, 11) is -4.16. The standard InChI is InChI=1S/C21H23ClN2O4S/c1-20(2,15-9-5-4-6-10-15)19(26)24-14-13-21(24,3)18(25)23-29(27,28)17-12-8-7-11-16(17)22/h4-12H,13-14H2,1-3H3,(H,23,25). The van der Waals surface area contributed by atoms with Gasteiger partial charge in [-0.15, -0.1) is 0 Å². The van der Waals surface area contributed by atoms with E-state index >= 15 is 0 Å². The van der Waals surface area contributed by atoms with Crippen LogP contribution in [0.1, 0.15) is 32.8 Å². The van der Waals surface area contributed by atoms with Crippen molar-refractivity contribution in [3.8, 4) is 0 Å². The van der Waals surface area contributed by atoms with Crippen LogP contribution in [-0.4, -0.2) is 37.2 Å². The van der Waals surface area contributed by atoms with Crippen LogP contribution in [0.25, 0.3) is 0 Å². The Kier molecular flexibility index (Phi) is 5.49. The van der Waals surface area contributed by atoms with Crippen molar-refractivity contribution in [1.29, 1.82) is 0 Å². The Morgan fingerprint density at radius 1 is 1.07 bits per heavy atom. The van der Waals surface area contributed by atoms with E-state index in [1.807, 2.05) is 30.3 Å². The highest BCUT2D eigenvalue weighted by atomic mass is 35.5. The van der Waals surface area contributed by atoms with Crippen molar-refractivity contribution in [1.82, 2.24) is 9.62 Å². The molecule has 1 N–H and O–H groups in total. The van der Waals surface area contributed by atoms with Crippen molar-refractivity contribution in [2.24, 2.45) is 0 Å². The number of hydrogen-bond acceptors (Lipinski definition) is 4. The number of rotatable bonds is 5. The summed E-state index contributed by atoms with van der Waals surface area (Å²) in [6, 6.07) is 15.2. The van der Waals surface area contributed by atoms with Crippen LogP contribution in [0.5, 0.6) is 0 Å². The van der Waals surface area contributed by atoms with Crippen molar-refractivity contribution in [2.75, 3.05) is 6.54 Å². The predicted molar refractivity (Wildman–Crippen MR) is 111 cm³/mol. The lowest BCUT2D eigenvalue weighted by molar-refractivity contribution is -0.160. The second-order valence-electron chi connectivity index (χ2n) is 7.84. The Morgan fingerprint density at radius 3 is 2.21 bits per heavy atom. The second-order valence-corrected chi connectivity index (χ2v) is 9.89. The molecule has 8 heteroatoms. The fourth-order valence-corrected chi connectivity index (χ4v) is 4.98. The highest BCUT2D eigenvalue weighted by molar-refractivity contribution is 7.90. The van der Waals surface area contributed by atoms with Gasteiger partial charge >= 0.3 is 0 Å². The summed E-state index contributed by atoms with van der Waals surface area (Å²) in [5, 5.41) is 0.0182. The molecule has 1 aliphatic rings. The maximum atomic E-state index is 13.2. The van der Waals surface area contributed by atoms with Gasteiger partial charge < -0.3 is 4.90 Å². The quantitative estimate of drug-likeness (QED) is 0.783. The largest absolute Gasteiger partial charge is 0.327 e. The third-order valence-electron chi connectivity index (χ3n) is 5.54. The van der Waals surface area contributed by atoms with Crippen LogP contribution in [0.3, 0.4) is 0 Å². The number of carbonyl (C=O) groups excluding carboxylic acids is 2. The Balaban J connectivity index is 1.83. The molecule has 1 heterocycles. The Bertz CT molecular complexity index is 1050. The van der Waals surface area contributed by atoms with Crippen molar-refractivity contribution in [3.63, 3.8) is 0 Å². The lowest BCUT2D eigenvalue weighted by Crippen LogP contribution is -2.69. The number of carbonyl (C=O) groups is 2. The van der Waals surface area contributed by atoms with Crippen molar-refractivity contribution in [3.05, 3.63) is 65.2 Å². The molecule has 1 unspecified atom stereocenters. The van der Waals surface area contributed by atoms with E-state index in [1.54, 1.807) is 26.8 Å². The van der Waals surface area contributed by atoms with E-state index in [1.165, 1.54) is 23.1 Å². The molecule has 0 aliphatic carbocycles. The van der Waals surface area contributed by atoms with Crippen LogP contribution >= 0.6 is 11.6 Å². The zero-order valence-corrected chi connectivity index (χ0v) is 18.0. The minimum absolute atomic E-state index is 0.0182. The highest BCUT2D eigenvalue weighted by Crippen LogP contribution is 2.37. The van der Waals surface area contributed by atoms with E-state index in [4.69, 9.17) is 11.6 Å². The van der Waals surface area contributed by atoms with Gasteiger partial charge in [0.05, 0.1) is 10.4 Å². The first-order valence-electron chi connectivity index (χ1n) is 9.19. The van der Waals surface area contributed by atoms with Crippen LogP contribution in [0.4, 0.5) is 0 Å². The van der Waals surface area contributed by atoms with Gasteiger partial charge in [-0.1, -0.05) is 54.1 Å². The summed E-state index contributed by atoms with van der Waals surface area (Å²) in [6.45, 7) is 5.54. The molecule has 1 aliphatic heterocycles. The molecule has 0 aromatic heterocycles. The minimum atomic E-state index is -4.16. The first kappa shape index (κ1) is 21.3. The predicted octanol–water partition coefficient (Wildman–Crippen LogP) is 3.11. The number of amides is 2. The molecule has 1 fully saturated rings. The molecule has 3 rings (SSSR count). The number of hydrogen-bond donors (Lipinski definition) is 1. The monoisotopic (exact) mass is 434 g/mol. The van der Waals surface area contributed by atoms with Crippen molar-refractivity contribution < 1.29 is 18.0 Å². The number of benzene rings is 2. The maximum absolute atomic E-state index is 13.2. The summed E-state index contributed by atoms with van der Waals surface area (Å²) in [4.78, 5) is 27.4. The van der Waals surface area contributed by atoms with Gasteiger partial charge in [-0.05, 0) is 44.9 Å². The van der Waals surface area contributed by atoms with Crippen LogP contribution < -0.4 is 4.72 Å². The molecule has 1 atom stereocenters. The number of likely N-dealkylation sites (tertiary alicyclic amines) is 1. The van der Waals surface area contributed by atoms with Crippen LogP contribution in [0, 0.1) is 0 Å². The lowest BCUT2D eigenvalue weighted by atomic mass is 9.78. The number of nitrogens with zero attached hydrogens (tertiary/aromatic N) is 1. The minimum Gasteiger partial charge on any atom is -0.327 e. The molecule has 0 bridgehead atoms. The van der Waals surface area contributed by atoms with Crippen molar-refractivity contribution >= 4 is 33.4 Å². The van der Waals surface area contributed by atoms with Gasteiger partial charge in [0.15, 0.2) is 0 Å². The summed E-state index contributed by atoms with van der Waals surface area (Å²) in [5.74, 6) is -0.983. The fourth-order valence-electron chi connectivity index (χ4n) is 3.39. The van der Waals surface area contributed by atoms with Gasteiger partial charge in [0, 0.05) is 6.54 Å². The van der Waals surface area contributed by atoms with Gasteiger partial charge in [0.25, 0.3) is 15.9 Å². The van der Waals surface area contributed by atoms with Crippen molar-refractivity contribution in [2.45, 2.75) is 43.0 Å².